The fraction of sp³-hybridized carbons (Fsp3) is 0.160. The van der Waals surface area contributed by atoms with E-state index in [1.807, 2.05) is 42.5 Å². The van der Waals surface area contributed by atoms with E-state index in [0.29, 0.717) is 17.7 Å². The highest BCUT2D eigenvalue weighted by molar-refractivity contribution is 6.13. The fourth-order valence-electron chi connectivity index (χ4n) is 3.60. The minimum Gasteiger partial charge on any atom is -0.496 e. The van der Waals surface area contributed by atoms with Crippen molar-refractivity contribution in [2.45, 2.75) is 19.4 Å². The van der Waals surface area contributed by atoms with Gasteiger partial charge in [-0.1, -0.05) is 30.3 Å². The number of hydrogen-bond donors (Lipinski definition) is 0. The third-order valence-electron chi connectivity index (χ3n) is 5.14. The average molecular weight is 406 g/mol. The van der Waals surface area contributed by atoms with Gasteiger partial charge in [0, 0.05) is 22.8 Å². The van der Waals surface area contributed by atoms with Crippen LogP contribution in [0.1, 0.15) is 33.5 Å². The Hall–Kier alpha value is -3.47. The van der Waals surface area contributed by atoms with Crippen molar-refractivity contribution in [1.29, 1.82) is 0 Å². The van der Waals surface area contributed by atoms with Crippen LogP contribution in [0.3, 0.4) is 0 Å². The predicted molar refractivity (Wildman–Crippen MR) is 111 cm³/mol. The normalized spacial score (nSPS) is 14.5. The van der Waals surface area contributed by atoms with Crippen molar-refractivity contribution in [1.82, 2.24) is 0 Å². The van der Waals surface area contributed by atoms with E-state index in [2.05, 4.69) is 0 Å². The molecule has 0 heterocycles. The number of methoxy groups -OCH3 is 1. The van der Waals surface area contributed by atoms with Gasteiger partial charge in [0.05, 0.1) is 7.11 Å². The third-order valence-corrected chi connectivity index (χ3v) is 5.14. The highest BCUT2D eigenvalue weighted by atomic mass is 19.1. The summed E-state index contributed by atoms with van der Waals surface area (Å²) in [4.78, 5) is 12.8. The van der Waals surface area contributed by atoms with Gasteiger partial charge in [-0.3, -0.25) is 4.79 Å². The summed E-state index contributed by atoms with van der Waals surface area (Å²) in [7, 11) is 1.54. The van der Waals surface area contributed by atoms with Crippen molar-refractivity contribution >= 4 is 11.9 Å². The molecule has 3 nitrogen and oxygen atoms in total. The second kappa shape index (κ2) is 8.49. The van der Waals surface area contributed by atoms with Gasteiger partial charge < -0.3 is 9.47 Å². The molecule has 0 aliphatic heterocycles. The Labute approximate surface area is 173 Å². The van der Waals surface area contributed by atoms with Crippen LogP contribution in [0.5, 0.6) is 11.5 Å². The van der Waals surface area contributed by atoms with Gasteiger partial charge in [0.2, 0.25) is 0 Å². The Kier molecular flexibility index (Phi) is 5.61. The first kappa shape index (κ1) is 19.8. The number of ether oxygens (including phenoxy) is 2. The molecule has 4 rings (SSSR count). The third kappa shape index (κ3) is 4.10. The first-order chi connectivity index (χ1) is 14.5. The number of carbonyl (C=O) groups is 1. The zero-order valence-electron chi connectivity index (χ0n) is 16.5. The largest absolute Gasteiger partial charge is 0.496 e. The molecule has 1 aliphatic carbocycles. The zero-order chi connectivity index (χ0) is 21.1. The number of fused-ring (bicyclic) bond motifs is 1. The van der Waals surface area contributed by atoms with E-state index in [9.17, 15) is 13.6 Å². The summed E-state index contributed by atoms with van der Waals surface area (Å²) in [5, 5.41) is 0. The van der Waals surface area contributed by atoms with Crippen molar-refractivity contribution in [3.05, 3.63) is 100 Å². The van der Waals surface area contributed by atoms with Crippen LogP contribution in [0, 0.1) is 11.6 Å². The van der Waals surface area contributed by atoms with E-state index in [1.165, 1.54) is 13.2 Å². The molecule has 152 valence electrons. The molecule has 0 fully saturated rings. The van der Waals surface area contributed by atoms with E-state index in [0.717, 1.165) is 40.8 Å². The Morgan fingerprint density at radius 1 is 0.967 bits per heavy atom. The number of Topliss-reactive ketones (excluding diaryl/α,β-unsaturated/α-hetero) is 1. The van der Waals surface area contributed by atoms with Crippen LogP contribution in [-0.2, 0) is 13.0 Å². The van der Waals surface area contributed by atoms with Crippen LogP contribution < -0.4 is 9.47 Å². The SMILES string of the molecule is COc1ccc(/C=C2\CCc3ccccc3C2=O)cc1COc1ccc(F)cc1F. The number of halogens is 2. The summed E-state index contributed by atoms with van der Waals surface area (Å²) in [5.41, 5.74) is 4.09. The van der Waals surface area contributed by atoms with Crippen molar-refractivity contribution in [3.63, 3.8) is 0 Å². The van der Waals surface area contributed by atoms with E-state index < -0.39 is 11.6 Å². The number of rotatable bonds is 5. The molecule has 1 aliphatic rings. The van der Waals surface area contributed by atoms with E-state index in [-0.39, 0.29) is 18.1 Å². The lowest BCUT2D eigenvalue weighted by molar-refractivity contribution is 0.102. The second-order valence-corrected chi connectivity index (χ2v) is 7.09. The summed E-state index contributed by atoms with van der Waals surface area (Å²) in [6.45, 7) is 0.0412. The molecule has 0 radical (unpaired) electrons. The molecule has 30 heavy (non-hydrogen) atoms. The van der Waals surface area contributed by atoms with Crippen molar-refractivity contribution in [2.24, 2.45) is 0 Å². The first-order valence-corrected chi connectivity index (χ1v) is 9.63. The van der Waals surface area contributed by atoms with Crippen molar-refractivity contribution < 1.29 is 23.0 Å². The molecular formula is C25H20F2O3. The Morgan fingerprint density at radius 2 is 1.77 bits per heavy atom. The number of allylic oxidation sites excluding steroid dienone is 1. The number of carbonyl (C=O) groups excluding carboxylic acids is 1. The molecule has 0 saturated heterocycles. The van der Waals surface area contributed by atoms with E-state index in [1.54, 1.807) is 6.07 Å². The van der Waals surface area contributed by atoms with Gasteiger partial charge in [-0.25, -0.2) is 8.78 Å². The van der Waals surface area contributed by atoms with Gasteiger partial charge in [-0.15, -0.1) is 0 Å². The van der Waals surface area contributed by atoms with Crippen molar-refractivity contribution in [2.75, 3.05) is 7.11 Å². The number of aryl methyl sites for hydroxylation is 1. The molecular weight excluding hydrogens is 386 g/mol. The lowest BCUT2D eigenvalue weighted by atomic mass is 9.86. The van der Waals surface area contributed by atoms with Crippen LogP contribution in [0.4, 0.5) is 8.78 Å². The summed E-state index contributed by atoms with van der Waals surface area (Å²) in [6.07, 6.45) is 3.37. The first-order valence-electron chi connectivity index (χ1n) is 9.63. The Balaban J connectivity index is 1.58. The topological polar surface area (TPSA) is 35.5 Å². The minimum atomic E-state index is -0.765. The molecule has 3 aromatic carbocycles. The fourth-order valence-corrected chi connectivity index (χ4v) is 3.60. The Morgan fingerprint density at radius 3 is 2.57 bits per heavy atom. The van der Waals surface area contributed by atoms with Crippen LogP contribution in [0.15, 0.2) is 66.2 Å². The standard InChI is InChI=1S/C25H20F2O3/c1-29-23-10-6-16(12-18-8-7-17-4-2-3-5-21(17)25(18)28)13-19(23)15-30-24-11-9-20(26)14-22(24)27/h2-6,9-14H,7-8,15H2,1H3/b18-12+. The maximum Gasteiger partial charge on any atom is 0.189 e. The highest BCUT2D eigenvalue weighted by Gasteiger charge is 2.21. The van der Waals surface area contributed by atoms with Crippen LogP contribution in [0.25, 0.3) is 6.08 Å². The second-order valence-electron chi connectivity index (χ2n) is 7.09. The Bertz CT molecular complexity index is 1130. The molecule has 3 aromatic rings. The van der Waals surface area contributed by atoms with E-state index in [4.69, 9.17) is 9.47 Å². The summed E-state index contributed by atoms with van der Waals surface area (Å²) >= 11 is 0. The van der Waals surface area contributed by atoms with Crippen LogP contribution in [0.2, 0.25) is 0 Å². The average Bonchev–Trinajstić information content (AvgIpc) is 2.75. The van der Waals surface area contributed by atoms with Gasteiger partial charge in [0.25, 0.3) is 0 Å². The molecule has 0 amide bonds. The number of ketones is 1. The monoisotopic (exact) mass is 406 g/mol. The molecule has 0 aromatic heterocycles. The number of benzene rings is 3. The van der Waals surface area contributed by atoms with Gasteiger partial charge in [0.1, 0.15) is 18.2 Å². The molecule has 0 spiro atoms. The summed E-state index contributed by atoms with van der Waals surface area (Å²) in [6, 6.07) is 16.3. The summed E-state index contributed by atoms with van der Waals surface area (Å²) < 4.78 is 37.8. The van der Waals surface area contributed by atoms with Crippen LogP contribution >= 0.6 is 0 Å². The molecule has 5 heteroatoms. The maximum atomic E-state index is 13.8. The summed E-state index contributed by atoms with van der Waals surface area (Å²) in [5.74, 6) is -0.844. The quantitative estimate of drug-likeness (QED) is 0.505. The molecule has 0 unspecified atom stereocenters. The lowest BCUT2D eigenvalue weighted by Crippen LogP contribution is -2.13. The molecule has 0 N–H and O–H groups in total. The molecule has 0 saturated carbocycles. The number of hydrogen-bond acceptors (Lipinski definition) is 3. The molecule has 0 bridgehead atoms. The maximum absolute atomic E-state index is 13.8. The van der Waals surface area contributed by atoms with Gasteiger partial charge >= 0.3 is 0 Å². The van der Waals surface area contributed by atoms with Gasteiger partial charge in [-0.2, -0.15) is 0 Å². The van der Waals surface area contributed by atoms with Gasteiger partial charge in [0.15, 0.2) is 17.3 Å². The van der Waals surface area contributed by atoms with Crippen LogP contribution in [-0.4, -0.2) is 12.9 Å². The lowest BCUT2D eigenvalue weighted by Gasteiger charge is -2.17. The van der Waals surface area contributed by atoms with Crippen molar-refractivity contribution in [3.8, 4) is 11.5 Å². The van der Waals surface area contributed by atoms with Gasteiger partial charge in [-0.05, 0) is 54.3 Å². The van der Waals surface area contributed by atoms with E-state index >= 15 is 0 Å². The highest BCUT2D eigenvalue weighted by Crippen LogP contribution is 2.29. The predicted octanol–water partition coefficient (Wildman–Crippen LogP) is 5.76. The minimum absolute atomic E-state index is 0.0405. The zero-order valence-corrected chi connectivity index (χ0v) is 16.5. The molecule has 0 atom stereocenters. The smallest absolute Gasteiger partial charge is 0.189 e.